The topological polar surface area (TPSA) is 43.8 Å². The molecule has 3 rings (SSSR count). The van der Waals surface area contributed by atoms with E-state index in [4.69, 9.17) is 17.3 Å². The highest BCUT2D eigenvalue weighted by atomic mass is 35.5. The number of rotatable bonds is 3. The van der Waals surface area contributed by atoms with Crippen LogP contribution in [-0.2, 0) is 13.0 Å². The molecule has 0 saturated heterocycles. The number of aromatic nitrogens is 2. The van der Waals surface area contributed by atoms with Gasteiger partial charge < -0.3 is 10.3 Å². The van der Waals surface area contributed by atoms with Crippen molar-refractivity contribution in [3.8, 4) is 0 Å². The molecule has 20 heavy (non-hydrogen) atoms. The Morgan fingerprint density at radius 3 is 2.80 bits per heavy atom. The highest BCUT2D eigenvalue weighted by molar-refractivity contribution is 6.35. The number of nitrogens with zero attached hydrogens (tertiary/aromatic N) is 2. The molecule has 1 aromatic heterocycles. The number of hydrogen-bond acceptors (Lipinski definition) is 2. The van der Waals surface area contributed by atoms with E-state index in [2.05, 4.69) is 36.2 Å². The molecule has 3 aromatic rings. The normalized spacial score (nSPS) is 11.1. The molecular weight excluding hydrogens is 270 g/mol. The minimum Gasteiger partial charge on any atom is -0.369 e. The molecule has 0 spiro atoms. The third-order valence-corrected chi connectivity index (χ3v) is 3.77. The first-order valence-corrected chi connectivity index (χ1v) is 6.99. The molecule has 0 aliphatic carbocycles. The first-order chi connectivity index (χ1) is 9.65. The zero-order valence-corrected chi connectivity index (χ0v) is 12.1. The first-order valence-electron chi connectivity index (χ1n) is 6.61. The van der Waals surface area contributed by atoms with Crippen LogP contribution in [0, 0.1) is 6.92 Å². The highest BCUT2D eigenvalue weighted by Gasteiger charge is 2.10. The van der Waals surface area contributed by atoms with Crippen LogP contribution in [0.1, 0.15) is 11.1 Å². The molecule has 0 bridgehead atoms. The van der Waals surface area contributed by atoms with Crippen LogP contribution in [0.5, 0.6) is 0 Å². The molecular formula is C16H16ClN3. The number of nitrogens with two attached hydrogens (primary N) is 1. The second kappa shape index (κ2) is 5.17. The minimum atomic E-state index is 0.515. The van der Waals surface area contributed by atoms with Gasteiger partial charge in [0.2, 0.25) is 5.95 Å². The van der Waals surface area contributed by atoms with E-state index >= 15 is 0 Å². The summed E-state index contributed by atoms with van der Waals surface area (Å²) in [5, 5.41) is 0.642. The molecule has 0 radical (unpaired) electrons. The standard InChI is InChI=1S/C16H16ClN3/c1-11-4-2-5-12(10-11)8-9-20-14-7-3-6-13(17)15(14)19-16(20)18/h2-7,10H,8-9H2,1H3,(H2,18,19). The maximum atomic E-state index is 6.15. The van der Waals surface area contributed by atoms with Gasteiger partial charge in [-0.25, -0.2) is 4.98 Å². The molecule has 2 aromatic carbocycles. The van der Waals surface area contributed by atoms with E-state index < -0.39 is 0 Å². The summed E-state index contributed by atoms with van der Waals surface area (Å²) in [6.07, 6.45) is 0.920. The third-order valence-electron chi connectivity index (χ3n) is 3.47. The van der Waals surface area contributed by atoms with Crippen molar-refractivity contribution in [3.63, 3.8) is 0 Å². The number of hydrogen-bond donors (Lipinski definition) is 1. The van der Waals surface area contributed by atoms with Crippen LogP contribution < -0.4 is 5.73 Å². The second-order valence-corrected chi connectivity index (χ2v) is 5.38. The molecule has 1 heterocycles. The predicted octanol–water partition coefficient (Wildman–Crippen LogP) is 3.82. The van der Waals surface area contributed by atoms with Gasteiger partial charge in [-0.3, -0.25) is 0 Å². The molecule has 0 fully saturated rings. The Morgan fingerprint density at radius 2 is 2.00 bits per heavy atom. The fourth-order valence-corrected chi connectivity index (χ4v) is 2.69. The number of halogens is 1. The van der Waals surface area contributed by atoms with Crippen molar-refractivity contribution in [1.82, 2.24) is 9.55 Å². The van der Waals surface area contributed by atoms with Crippen LogP contribution in [0.4, 0.5) is 5.95 Å². The van der Waals surface area contributed by atoms with Gasteiger partial charge in [0.05, 0.1) is 10.5 Å². The molecule has 0 saturated carbocycles. The molecule has 0 aliphatic rings. The lowest BCUT2D eigenvalue weighted by atomic mass is 10.1. The van der Waals surface area contributed by atoms with Crippen molar-refractivity contribution in [3.05, 3.63) is 58.6 Å². The van der Waals surface area contributed by atoms with Gasteiger partial charge >= 0.3 is 0 Å². The summed E-state index contributed by atoms with van der Waals surface area (Å²) in [6.45, 7) is 2.90. The Morgan fingerprint density at radius 1 is 1.20 bits per heavy atom. The number of para-hydroxylation sites is 1. The third kappa shape index (κ3) is 2.37. The van der Waals surface area contributed by atoms with Crippen molar-refractivity contribution in [2.24, 2.45) is 0 Å². The molecule has 0 aliphatic heterocycles. The van der Waals surface area contributed by atoms with Gasteiger partial charge in [0, 0.05) is 6.54 Å². The van der Waals surface area contributed by atoms with E-state index in [-0.39, 0.29) is 0 Å². The molecule has 4 heteroatoms. The Balaban J connectivity index is 1.91. The van der Waals surface area contributed by atoms with Gasteiger partial charge in [0.1, 0.15) is 5.52 Å². The largest absolute Gasteiger partial charge is 0.369 e. The van der Waals surface area contributed by atoms with E-state index in [1.54, 1.807) is 0 Å². The van der Waals surface area contributed by atoms with Gasteiger partial charge in [0.15, 0.2) is 0 Å². The molecule has 2 N–H and O–H groups in total. The van der Waals surface area contributed by atoms with Crippen LogP contribution >= 0.6 is 11.6 Å². The molecule has 102 valence electrons. The Kier molecular flexibility index (Phi) is 3.36. The Labute approximate surface area is 123 Å². The fraction of sp³-hybridized carbons (Fsp3) is 0.188. The van der Waals surface area contributed by atoms with E-state index in [1.165, 1.54) is 11.1 Å². The van der Waals surface area contributed by atoms with E-state index in [0.29, 0.717) is 11.0 Å². The van der Waals surface area contributed by atoms with E-state index in [1.807, 2.05) is 22.8 Å². The van der Waals surface area contributed by atoms with Crippen molar-refractivity contribution >= 4 is 28.6 Å². The van der Waals surface area contributed by atoms with Crippen LogP contribution in [0.3, 0.4) is 0 Å². The SMILES string of the molecule is Cc1cccc(CCn2c(N)nc3c(Cl)cccc32)c1. The Bertz CT molecular complexity index is 762. The zero-order valence-electron chi connectivity index (χ0n) is 11.3. The lowest BCUT2D eigenvalue weighted by Gasteiger charge is -2.07. The summed E-state index contributed by atoms with van der Waals surface area (Å²) in [6, 6.07) is 14.3. The van der Waals surface area contributed by atoms with Crippen LogP contribution in [0.2, 0.25) is 5.02 Å². The van der Waals surface area contributed by atoms with Gasteiger partial charge in [-0.1, -0.05) is 47.5 Å². The maximum absolute atomic E-state index is 6.15. The fourth-order valence-electron chi connectivity index (χ4n) is 2.47. The first kappa shape index (κ1) is 13.0. The lowest BCUT2D eigenvalue weighted by Crippen LogP contribution is -2.05. The number of aryl methyl sites for hydroxylation is 3. The van der Waals surface area contributed by atoms with E-state index in [9.17, 15) is 0 Å². The average molecular weight is 286 g/mol. The van der Waals surface area contributed by atoms with Crippen molar-refractivity contribution in [1.29, 1.82) is 0 Å². The van der Waals surface area contributed by atoms with Crippen LogP contribution in [-0.4, -0.2) is 9.55 Å². The Hall–Kier alpha value is -2.00. The lowest BCUT2D eigenvalue weighted by molar-refractivity contribution is 0.725. The van der Waals surface area contributed by atoms with Crippen LogP contribution in [0.25, 0.3) is 11.0 Å². The number of benzene rings is 2. The smallest absolute Gasteiger partial charge is 0.201 e. The highest BCUT2D eigenvalue weighted by Crippen LogP contribution is 2.25. The van der Waals surface area contributed by atoms with Gasteiger partial charge in [-0.05, 0) is 31.0 Å². The number of imidazole rings is 1. The van der Waals surface area contributed by atoms with Crippen molar-refractivity contribution < 1.29 is 0 Å². The van der Waals surface area contributed by atoms with Crippen LogP contribution in [0.15, 0.2) is 42.5 Å². The molecule has 0 atom stereocenters. The summed E-state index contributed by atoms with van der Waals surface area (Å²) in [5.74, 6) is 0.515. The number of nitrogen functional groups attached to an aromatic ring is 1. The molecule has 3 nitrogen and oxygen atoms in total. The zero-order chi connectivity index (χ0) is 14.1. The summed E-state index contributed by atoms with van der Waals surface area (Å²) < 4.78 is 2.02. The monoisotopic (exact) mass is 285 g/mol. The van der Waals surface area contributed by atoms with E-state index in [0.717, 1.165) is 24.0 Å². The average Bonchev–Trinajstić information content (AvgIpc) is 2.74. The summed E-state index contributed by atoms with van der Waals surface area (Å²) in [7, 11) is 0. The summed E-state index contributed by atoms with van der Waals surface area (Å²) in [5.41, 5.74) is 10.3. The van der Waals surface area contributed by atoms with Crippen molar-refractivity contribution in [2.45, 2.75) is 19.9 Å². The van der Waals surface area contributed by atoms with Crippen molar-refractivity contribution in [2.75, 3.05) is 5.73 Å². The number of fused-ring (bicyclic) bond motifs is 1. The summed E-state index contributed by atoms with van der Waals surface area (Å²) in [4.78, 5) is 4.35. The van der Waals surface area contributed by atoms with Gasteiger partial charge in [-0.2, -0.15) is 0 Å². The molecule has 0 unspecified atom stereocenters. The quantitative estimate of drug-likeness (QED) is 0.795. The minimum absolute atomic E-state index is 0.515. The van der Waals surface area contributed by atoms with Gasteiger partial charge in [-0.15, -0.1) is 0 Å². The second-order valence-electron chi connectivity index (χ2n) is 4.97. The molecule has 0 amide bonds. The summed E-state index contributed by atoms with van der Waals surface area (Å²) >= 11 is 6.15. The predicted molar refractivity (Wildman–Crippen MR) is 84.0 cm³/mol. The van der Waals surface area contributed by atoms with Gasteiger partial charge in [0.25, 0.3) is 0 Å². The number of anilines is 1. The maximum Gasteiger partial charge on any atom is 0.201 e.